The number of aryl methyl sites for hydroxylation is 1. The molecule has 2 aromatic rings. The lowest BCUT2D eigenvalue weighted by Crippen LogP contribution is -2.35. The molecule has 152 valence electrons. The highest BCUT2D eigenvalue weighted by Crippen LogP contribution is 2.34. The average Bonchev–Trinajstić information content (AvgIpc) is 3.50. The molecule has 29 heavy (non-hydrogen) atoms. The van der Waals surface area contributed by atoms with Crippen LogP contribution in [0.4, 0.5) is 0 Å². The molecule has 0 bridgehead atoms. The van der Waals surface area contributed by atoms with E-state index in [0.717, 1.165) is 30.1 Å². The zero-order valence-corrected chi connectivity index (χ0v) is 17.3. The van der Waals surface area contributed by atoms with Gasteiger partial charge in [0.2, 0.25) is 5.88 Å². The van der Waals surface area contributed by atoms with Gasteiger partial charge in [-0.05, 0) is 49.4 Å². The van der Waals surface area contributed by atoms with E-state index in [1.165, 1.54) is 0 Å². The van der Waals surface area contributed by atoms with Crippen molar-refractivity contribution in [3.05, 3.63) is 71.3 Å². The molecular weight excluding hydrogens is 388 g/mol. The van der Waals surface area contributed by atoms with Crippen molar-refractivity contribution >= 4 is 21.8 Å². The third-order valence-corrected chi connectivity index (χ3v) is 5.25. The highest BCUT2D eigenvalue weighted by atomic mass is 32.2. The third-order valence-electron chi connectivity index (χ3n) is 4.60. The van der Waals surface area contributed by atoms with Gasteiger partial charge in [-0.3, -0.25) is 4.79 Å². The van der Waals surface area contributed by atoms with Crippen molar-refractivity contribution in [1.29, 1.82) is 0 Å². The first-order valence-corrected chi connectivity index (χ1v) is 11.3. The molecule has 0 unspecified atom stereocenters. The van der Waals surface area contributed by atoms with Crippen molar-refractivity contribution in [2.24, 2.45) is 5.92 Å². The molecule has 1 heterocycles. The van der Waals surface area contributed by atoms with E-state index in [1.807, 2.05) is 25.1 Å². The number of nitrogens with zero attached hydrogens (tertiary/aromatic N) is 1. The molecular formula is C22H24N2O4S. The van der Waals surface area contributed by atoms with Gasteiger partial charge in [-0.15, -0.1) is 0 Å². The summed E-state index contributed by atoms with van der Waals surface area (Å²) >= 11 is 0. The van der Waals surface area contributed by atoms with Gasteiger partial charge in [-0.25, -0.2) is 13.4 Å². The highest BCUT2D eigenvalue weighted by Gasteiger charge is 2.32. The van der Waals surface area contributed by atoms with Crippen molar-refractivity contribution in [1.82, 2.24) is 10.3 Å². The van der Waals surface area contributed by atoms with Gasteiger partial charge < -0.3 is 10.1 Å². The SMILES string of the molecule is C=Cc1cc(C(=O)N[C@H](/C=C/S(C)(=O)=O)C2CC2)c(Oc2ccccc2)nc1C. The van der Waals surface area contributed by atoms with Crippen LogP contribution in [0.1, 0.15) is 34.5 Å². The van der Waals surface area contributed by atoms with Crippen LogP contribution in [0.25, 0.3) is 6.08 Å². The first-order chi connectivity index (χ1) is 13.8. The number of pyridine rings is 1. The van der Waals surface area contributed by atoms with Gasteiger partial charge in [0.15, 0.2) is 9.84 Å². The van der Waals surface area contributed by atoms with Gasteiger partial charge in [-0.1, -0.05) is 36.9 Å². The van der Waals surface area contributed by atoms with Gasteiger partial charge in [-0.2, -0.15) is 0 Å². The molecule has 1 aromatic carbocycles. The number of benzene rings is 1. The van der Waals surface area contributed by atoms with Crippen LogP contribution in [-0.4, -0.2) is 31.6 Å². The van der Waals surface area contributed by atoms with E-state index in [-0.39, 0.29) is 29.3 Å². The van der Waals surface area contributed by atoms with Crippen LogP contribution >= 0.6 is 0 Å². The van der Waals surface area contributed by atoms with Crippen molar-refractivity contribution in [3.8, 4) is 11.6 Å². The third kappa shape index (κ3) is 5.77. The Bertz CT molecular complexity index is 1040. The second-order valence-corrected chi connectivity index (χ2v) is 9.06. The summed E-state index contributed by atoms with van der Waals surface area (Å²) in [5.74, 6) is 0.614. The molecule has 1 aliphatic carbocycles. The molecule has 1 atom stereocenters. The standard InChI is InChI=1S/C22H24N2O4S/c1-4-16-14-19(22(23-15(16)2)28-18-8-6-5-7-9-18)21(25)24-20(17-10-11-17)12-13-29(3,26)27/h4-9,12-14,17,20H,1,10-11H2,2-3H3,(H,24,25)/b13-12+/t20-/m1/s1. The van der Waals surface area contributed by atoms with Crippen LogP contribution in [0.2, 0.25) is 0 Å². The van der Waals surface area contributed by atoms with E-state index in [9.17, 15) is 13.2 Å². The molecule has 3 rings (SSSR count). The lowest BCUT2D eigenvalue weighted by molar-refractivity contribution is 0.0937. The van der Waals surface area contributed by atoms with Crippen molar-refractivity contribution in [2.75, 3.05) is 6.26 Å². The number of rotatable bonds is 8. The summed E-state index contributed by atoms with van der Waals surface area (Å²) in [5, 5.41) is 4.06. The Balaban J connectivity index is 1.91. The summed E-state index contributed by atoms with van der Waals surface area (Å²) in [4.78, 5) is 17.5. The maximum atomic E-state index is 13.1. The van der Waals surface area contributed by atoms with Gasteiger partial charge in [0.1, 0.15) is 11.3 Å². The fourth-order valence-corrected chi connectivity index (χ4v) is 3.34. The summed E-state index contributed by atoms with van der Waals surface area (Å²) in [6.45, 7) is 5.59. The number of sulfone groups is 1. The topological polar surface area (TPSA) is 85.4 Å². The fourth-order valence-electron chi connectivity index (χ4n) is 2.88. The Kier molecular flexibility index (Phi) is 6.17. The summed E-state index contributed by atoms with van der Waals surface area (Å²) in [5.41, 5.74) is 1.69. The lowest BCUT2D eigenvalue weighted by Gasteiger charge is -2.17. The van der Waals surface area contributed by atoms with Gasteiger partial charge in [0, 0.05) is 17.4 Å². The van der Waals surface area contributed by atoms with Gasteiger partial charge >= 0.3 is 0 Å². The second kappa shape index (κ2) is 8.61. The minimum atomic E-state index is -3.27. The normalized spacial score (nSPS) is 15.1. The molecule has 0 saturated heterocycles. The summed E-state index contributed by atoms with van der Waals surface area (Å²) < 4.78 is 28.8. The van der Waals surface area contributed by atoms with E-state index in [1.54, 1.807) is 30.4 Å². The molecule has 1 amide bonds. The number of aromatic nitrogens is 1. The molecule has 6 nitrogen and oxygen atoms in total. The lowest BCUT2D eigenvalue weighted by atomic mass is 10.1. The minimum absolute atomic E-state index is 0.193. The molecule has 1 N–H and O–H groups in total. The molecule has 1 fully saturated rings. The average molecular weight is 413 g/mol. The first kappa shape index (κ1) is 20.8. The predicted octanol–water partition coefficient (Wildman–Crippen LogP) is 3.89. The van der Waals surface area contributed by atoms with E-state index >= 15 is 0 Å². The Morgan fingerprint density at radius 2 is 2.00 bits per heavy atom. The smallest absolute Gasteiger partial charge is 0.257 e. The number of nitrogens with one attached hydrogen (secondary N) is 1. The predicted molar refractivity (Wildman–Crippen MR) is 114 cm³/mol. The van der Waals surface area contributed by atoms with E-state index in [4.69, 9.17) is 4.74 Å². The number of amides is 1. The van der Waals surface area contributed by atoms with Crippen molar-refractivity contribution in [3.63, 3.8) is 0 Å². The molecule has 0 aliphatic heterocycles. The van der Waals surface area contributed by atoms with E-state index in [2.05, 4.69) is 16.9 Å². The summed E-state index contributed by atoms with van der Waals surface area (Å²) in [6, 6.07) is 10.4. The van der Waals surface area contributed by atoms with Crippen LogP contribution in [0.15, 0.2) is 54.5 Å². The highest BCUT2D eigenvalue weighted by molar-refractivity contribution is 7.93. The molecule has 0 spiro atoms. The molecule has 0 radical (unpaired) electrons. The Labute approximate surface area is 171 Å². The zero-order valence-electron chi connectivity index (χ0n) is 16.5. The molecule has 1 aromatic heterocycles. The van der Waals surface area contributed by atoms with Crippen LogP contribution in [-0.2, 0) is 9.84 Å². The molecule has 1 saturated carbocycles. The van der Waals surface area contributed by atoms with Crippen molar-refractivity contribution < 1.29 is 17.9 Å². The maximum Gasteiger partial charge on any atom is 0.257 e. The largest absolute Gasteiger partial charge is 0.438 e. The van der Waals surface area contributed by atoms with Crippen LogP contribution in [0, 0.1) is 12.8 Å². The molecule has 7 heteroatoms. The Hall–Kier alpha value is -2.93. The minimum Gasteiger partial charge on any atom is -0.438 e. The number of para-hydroxylation sites is 1. The van der Waals surface area contributed by atoms with Gasteiger partial charge in [0.25, 0.3) is 5.91 Å². The number of ether oxygens (including phenoxy) is 1. The Morgan fingerprint density at radius 1 is 1.31 bits per heavy atom. The van der Waals surface area contributed by atoms with E-state index in [0.29, 0.717) is 11.4 Å². The first-order valence-electron chi connectivity index (χ1n) is 9.33. The van der Waals surface area contributed by atoms with E-state index < -0.39 is 9.84 Å². The number of carbonyl (C=O) groups is 1. The zero-order chi connectivity index (χ0) is 21.0. The van der Waals surface area contributed by atoms with Crippen molar-refractivity contribution in [2.45, 2.75) is 25.8 Å². The second-order valence-electron chi connectivity index (χ2n) is 7.13. The number of hydrogen-bond donors (Lipinski definition) is 1. The Morgan fingerprint density at radius 3 is 2.59 bits per heavy atom. The number of hydrogen-bond acceptors (Lipinski definition) is 5. The summed E-state index contributed by atoms with van der Waals surface area (Å²) in [6.07, 6.45) is 6.18. The van der Waals surface area contributed by atoms with Crippen LogP contribution < -0.4 is 10.1 Å². The quantitative estimate of drug-likeness (QED) is 0.711. The maximum absolute atomic E-state index is 13.1. The monoisotopic (exact) mass is 412 g/mol. The van der Waals surface area contributed by atoms with Crippen LogP contribution in [0.3, 0.4) is 0 Å². The van der Waals surface area contributed by atoms with Crippen LogP contribution in [0.5, 0.6) is 11.6 Å². The van der Waals surface area contributed by atoms with Gasteiger partial charge in [0.05, 0.1) is 6.04 Å². The summed E-state index contributed by atoms with van der Waals surface area (Å²) in [7, 11) is -3.27. The fraction of sp³-hybridized carbons (Fsp3) is 0.273. The molecule has 1 aliphatic rings. The number of carbonyl (C=O) groups excluding carboxylic acids is 1.